The van der Waals surface area contributed by atoms with Gasteiger partial charge in [0.05, 0.1) is 5.41 Å². The molecule has 0 N–H and O–H groups in total. The zero-order chi connectivity index (χ0) is 12.0. The highest BCUT2D eigenvalue weighted by molar-refractivity contribution is 5.78. The Balaban J connectivity index is 1.98. The maximum atomic E-state index is 11.9. The molecule has 1 saturated carbocycles. The Kier molecular flexibility index (Phi) is 2.51. The number of fused-ring (bicyclic) bond motifs is 2. The molecule has 0 saturated heterocycles. The van der Waals surface area contributed by atoms with Crippen LogP contribution < -0.4 is 0 Å². The molecule has 0 amide bonds. The Morgan fingerprint density at radius 2 is 2.19 bits per heavy atom. The summed E-state index contributed by atoms with van der Waals surface area (Å²) in [6.45, 7) is 0.211. The van der Waals surface area contributed by atoms with E-state index >= 15 is 0 Å². The van der Waals surface area contributed by atoms with E-state index in [0.717, 1.165) is 6.42 Å². The minimum atomic E-state index is -4.44. The van der Waals surface area contributed by atoms with Crippen molar-refractivity contribution in [2.75, 3.05) is 6.61 Å². The van der Waals surface area contributed by atoms with Crippen LogP contribution in [0.3, 0.4) is 0 Å². The van der Waals surface area contributed by atoms with Gasteiger partial charge in [0, 0.05) is 0 Å². The molecule has 2 aliphatic rings. The van der Waals surface area contributed by atoms with Gasteiger partial charge in [-0.1, -0.05) is 12.2 Å². The predicted molar refractivity (Wildman–Crippen MR) is 50.5 cm³/mol. The molecule has 0 aromatic heterocycles. The van der Waals surface area contributed by atoms with Gasteiger partial charge in [-0.2, -0.15) is 13.2 Å². The number of ether oxygens (including phenoxy) is 1. The van der Waals surface area contributed by atoms with Crippen molar-refractivity contribution in [1.29, 1.82) is 0 Å². The average molecular weight is 234 g/mol. The van der Waals surface area contributed by atoms with Gasteiger partial charge in [-0.15, -0.1) is 0 Å². The molecular formula is C11H13F3O2. The normalized spacial score (nSPS) is 36.8. The molecule has 90 valence electrons. The van der Waals surface area contributed by atoms with Crippen molar-refractivity contribution in [3.8, 4) is 0 Å². The standard InChI is InChI=1S/C11H13F3O2/c1-10(5-7-2-3-8(10)4-7)9(15)16-6-11(12,13)14/h2-3,7-8H,4-6H2,1H3. The maximum Gasteiger partial charge on any atom is 0.422 e. The largest absolute Gasteiger partial charge is 0.456 e. The van der Waals surface area contributed by atoms with E-state index in [4.69, 9.17) is 0 Å². The molecule has 2 aliphatic carbocycles. The van der Waals surface area contributed by atoms with E-state index < -0.39 is 24.2 Å². The van der Waals surface area contributed by atoms with Crippen LogP contribution in [0.4, 0.5) is 13.2 Å². The molecular weight excluding hydrogens is 221 g/mol. The maximum absolute atomic E-state index is 11.9. The van der Waals surface area contributed by atoms with Crippen molar-refractivity contribution >= 4 is 5.97 Å². The summed E-state index contributed by atoms with van der Waals surface area (Å²) in [5.41, 5.74) is -0.759. The molecule has 3 atom stereocenters. The van der Waals surface area contributed by atoms with Crippen molar-refractivity contribution in [3.05, 3.63) is 12.2 Å². The van der Waals surface area contributed by atoms with Crippen LogP contribution in [0, 0.1) is 17.3 Å². The van der Waals surface area contributed by atoms with Gasteiger partial charge in [-0.25, -0.2) is 0 Å². The van der Waals surface area contributed by atoms with E-state index in [0.29, 0.717) is 12.3 Å². The van der Waals surface area contributed by atoms with Crippen LogP contribution in [-0.2, 0) is 9.53 Å². The van der Waals surface area contributed by atoms with Crippen LogP contribution in [0.5, 0.6) is 0 Å². The zero-order valence-corrected chi connectivity index (χ0v) is 8.88. The van der Waals surface area contributed by atoms with Gasteiger partial charge < -0.3 is 4.74 Å². The van der Waals surface area contributed by atoms with E-state index in [1.165, 1.54) is 0 Å². The molecule has 0 aliphatic heterocycles. The topological polar surface area (TPSA) is 26.3 Å². The van der Waals surface area contributed by atoms with Crippen LogP contribution in [0.15, 0.2) is 12.2 Å². The predicted octanol–water partition coefficient (Wildman–Crippen LogP) is 2.69. The lowest BCUT2D eigenvalue weighted by molar-refractivity contribution is -0.194. The number of halogens is 3. The molecule has 0 radical (unpaired) electrons. The first kappa shape index (κ1) is 11.5. The third kappa shape index (κ3) is 1.95. The molecule has 1 fully saturated rings. The third-order valence-electron chi connectivity index (χ3n) is 3.51. The fraction of sp³-hybridized carbons (Fsp3) is 0.727. The van der Waals surface area contributed by atoms with Crippen LogP contribution >= 0.6 is 0 Å². The first-order chi connectivity index (χ1) is 7.31. The average Bonchev–Trinajstić information content (AvgIpc) is 2.72. The van der Waals surface area contributed by atoms with E-state index in [1.54, 1.807) is 6.92 Å². The van der Waals surface area contributed by atoms with E-state index in [-0.39, 0.29) is 5.92 Å². The fourth-order valence-electron chi connectivity index (χ4n) is 2.64. The first-order valence-corrected chi connectivity index (χ1v) is 5.23. The summed E-state index contributed by atoms with van der Waals surface area (Å²) >= 11 is 0. The zero-order valence-electron chi connectivity index (χ0n) is 8.88. The number of carbonyl (C=O) groups is 1. The van der Waals surface area contributed by atoms with Crippen LogP contribution in [0.1, 0.15) is 19.8 Å². The summed E-state index contributed by atoms with van der Waals surface area (Å²) in [6.07, 6.45) is 0.967. The number of allylic oxidation sites excluding steroid dienone is 2. The second-order valence-electron chi connectivity index (χ2n) is 4.80. The van der Waals surface area contributed by atoms with Gasteiger partial charge in [0.15, 0.2) is 6.61 Å². The monoisotopic (exact) mass is 234 g/mol. The van der Waals surface area contributed by atoms with Crippen LogP contribution in [-0.4, -0.2) is 18.8 Å². The van der Waals surface area contributed by atoms with Crippen molar-refractivity contribution in [2.24, 2.45) is 17.3 Å². The minimum absolute atomic E-state index is 0.0400. The van der Waals surface area contributed by atoms with Crippen molar-refractivity contribution in [1.82, 2.24) is 0 Å². The number of alkyl halides is 3. The number of hydrogen-bond donors (Lipinski definition) is 0. The first-order valence-electron chi connectivity index (χ1n) is 5.23. The van der Waals surface area contributed by atoms with Crippen molar-refractivity contribution in [3.63, 3.8) is 0 Å². The van der Waals surface area contributed by atoms with Gasteiger partial charge in [0.25, 0.3) is 0 Å². The number of esters is 1. The highest BCUT2D eigenvalue weighted by Gasteiger charge is 2.51. The second kappa shape index (κ2) is 3.50. The Labute approximate surface area is 91.5 Å². The third-order valence-corrected chi connectivity index (χ3v) is 3.51. The lowest BCUT2D eigenvalue weighted by Crippen LogP contribution is -2.35. The Morgan fingerprint density at radius 3 is 2.62 bits per heavy atom. The van der Waals surface area contributed by atoms with E-state index in [2.05, 4.69) is 4.74 Å². The Hall–Kier alpha value is -1.00. The molecule has 0 spiro atoms. The van der Waals surface area contributed by atoms with Crippen LogP contribution in [0.25, 0.3) is 0 Å². The van der Waals surface area contributed by atoms with E-state index in [1.807, 2.05) is 12.2 Å². The minimum Gasteiger partial charge on any atom is -0.456 e. The molecule has 2 bridgehead atoms. The summed E-state index contributed by atoms with van der Waals surface area (Å²) in [6, 6.07) is 0. The number of hydrogen-bond acceptors (Lipinski definition) is 2. The highest BCUT2D eigenvalue weighted by atomic mass is 19.4. The number of carbonyl (C=O) groups excluding carboxylic acids is 1. The number of rotatable bonds is 2. The van der Waals surface area contributed by atoms with Crippen LogP contribution in [0.2, 0.25) is 0 Å². The fourth-order valence-corrected chi connectivity index (χ4v) is 2.64. The molecule has 0 aromatic carbocycles. The lowest BCUT2D eigenvalue weighted by atomic mass is 9.78. The summed E-state index contributed by atoms with van der Waals surface area (Å²) in [5.74, 6) is -0.353. The smallest absolute Gasteiger partial charge is 0.422 e. The van der Waals surface area contributed by atoms with Gasteiger partial charge in [0.2, 0.25) is 0 Å². The molecule has 5 heteroatoms. The highest BCUT2D eigenvalue weighted by Crippen LogP contribution is 2.52. The molecule has 2 nitrogen and oxygen atoms in total. The Bertz CT molecular complexity index is 335. The summed E-state index contributed by atoms with van der Waals surface area (Å²) in [4.78, 5) is 11.6. The van der Waals surface area contributed by atoms with Crippen molar-refractivity contribution < 1.29 is 22.7 Å². The van der Waals surface area contributed by atoms with E-state index in [9.17, 15) is 18.0 Å². The molecule has 16 heavy (non-hydrogen) atoms. The molecule has 0 heterocycles. The lowest BCUT2D eigenvalue weighted by Gasteiger charge is -2.28. The second-order valence-corrected chi connectivity index (χ2v) is 4.80. The SMILES string of the molecule is CC1(C(=O)OCC(F)(F)F)CC2C=CC1C2. The Morgan fingerprint density at radius 1 is 1.50 bits per heavy atom. The molecule has 3 unspecified atom stereocenters. The van der Waals surface area contributed by atoms with Gasteiger partial charge in [-0.3, -0.25) is 4.79 Å². The van der Waals surface area contributed by atoms with Crippen molar-refractivity contribution in [2.45, 2.75) is 25.9 Å². The quantitative estimate of drug-likeness (QED) is 0.542. The van der Waals surface area contributed by atoms with Gasteiger partial charge in [-0.05, 0) is 31.6 Å². The van der Waals surface area contributed by atoms with Gasteiger partial charge >= 0.3 is 12.1 Å². The van der Waals surface area contributed by atoms with Gasteiger partial charge in [0.1, 0.15) is 0 Å². The molecule has 0 aromatic rings. The summed E-state index contributed by atoms with van der Waals surface area (Å²) < 4.78 is 40.1. The molecule has 2 rings (SSSR count). The summed E-state index contributed by atoms with van der Waals surface area (Å²) in [7, 11) is 0. The summed E-state index contributed by atoms with van der Waals surface area (Å²) in [5, 5.41) is 0.